The van der Waals surface area contributed by atoms with Crippen LogP contribution in [0.3, 0.4) is 0 Å². The summed E-state index contributed by atoms with van der Waals surface area (Å²) in [5, 5.41) is 0. The standard InChI is InChI=1S/C11H23N3O2/c1-11(2,12)7-6-9(15)14(5)8-10(16)13(3)4/h6-8,12H2,1-5H3. The van der Waals surface area contributed by atoms with E-state index in [4.69, 9.17) is 5.73 Å². The van der Waals surface area contributed by atoms with E-state index in [-0.39, 0.29) is 23.9 Å². The van der Waals surface area contributed by atoms with Crippen molar-refractivity contribution in [3.63, 3.8) is 0 Å². The third-order valence-corrected chi connectivity index (χ3v) is 2.28. The van der Waals surface area contributed by atoms with Gasteiger partial charge in [-0.3, -0.25) is 9.59 Å². The van der Waals surface area contributed by atoms with Crippen LogP contribution in [-0.4, -0.2) is 54.8 Å². The van der Waals surface area contributed by atoms with Crippen molar-refractivity contribution >= 4 is 11.8 Å². The summed E-state index contributed by atoms with van der Waals surface area (Å²) in [5.74, 6) is -0.128. The van der Waals surface area contributed by atoms with Gasteiger partial charge in [0.15, 0.2) is 0 Å². The number of hydrogen-bond donors (Lipinski definition) is 1. The number of rotatable bonds is 5. The normalized spacial score (nSPS) is 11.1. The van der Waals surface area contributed by atoms with Gasteiger partial charge in [0.05, 0.1) is 6.54 Å². The summed E-state index contributed by atoms with van der Waals surface area (Å²) < 4.78 is 0. The fourth-order valence-corrected chi connectivity index (χ4v) is 1.05. The first-order chi connectivity index (χ1) is 7.13. The molecule has 2 N–H and O–H groups in total. The van der Waals surface area contributed by atoms with Crippen molar-refractivity contribution in [2.45, 2.75) is 32.2 Å². The molecule has 94 valence electrons. The SMILES string of the molecule is CN(C)C(=O)CN(C)C(=O)CCC(C)(C)N. The molecule has 5 heteroatoms. The molecular formula is C11H23N3O2. The average Bonchev–Trinajstić information content (AvgIpc) is 2.12. The fraction of sp³-hybridized carbons (Fsp3) is 0.818. The van der Waals surface area contributed by atoms with E-state index in [1.807, 2.05) is 13.8 Å². The first-order valence-corrected chi connectivity index (χ1v) is 5.36. The molecule has 5 nitrogen and oxygen atoms in total. The van der Waals surface area contributed by atoms with E-state index >= 15 is 0 Å². The van der Waals surface area contributed by atoms with Crippen LogP contribution in [0.1, 0.15) is 26.7 Å². The second kappa shape index (κ2) is 5.84. The Morgan fingerprint density at radius 3 is 2.00 bits per heavy atom. The third-order valence-electron chi connectivity index (χ3n) is 2.28. The Kier molecular flexibility index (Phi) is 5.44. The maximum Gasteiger partial charge on any atom is 0.241 e. The highest BCUT2D eigenvalue weighted by Gasteiger charge is 2.17. The van der Waals surface area contributed by atoms with Gasteiger partial charge in [-0.15, -0.1) is 0 Å². The second-order valence-corrected chi connectivity index (χ2v) is 5.03. The molecule has 0 aromatic carbocycles. The molecule has 0 aliphatic heterocycles. The Bertz CT molecular complexity index is 256. The van der Waals surface area contributed by atoms with Crippen LogP contribution < -0.4 is 5.73 Å². The van der Waals surface area contributed by atoms with E-state index in [0.29, 0.717) is 12.8 Å². The van der Waals surface area contributed by atoms with Crippen LogP contribution in [0.25, 0.3) is 0 Å². The van der Waals surface area contributed by atoms with Crippen molar-refractivity contribution in [3.8, 4) is 0 Å². The molecule has 2 amide bonds. The molecule has 0 spiro atoms. The molecule has 0 heterocycles. The minimum Gasteiger partial charge on any atom is -0.347 e. The van der Waals surface area contributed by atoms with Gasteiger partial charge in [-0.05, 0) is 20.3 Å². The Labute approximate surface area is 97.6 Å². The summed E-state index contributed by atoms with van der Waals surface area (Å²) in [6.45, 7) is 3.88. The second-order valence-electron chi connectivity index (χ2n) is 5.03. The van der Waals surface area contributed by atoms with E-state index < -0.39 is 0 Å². The summed E-state index contributed by atoms with van der Waals surface area (Å²) in [4.78, 5) is 25.9. The molecule has 0 radical (unpaired) electrons. The maximum atomic E-state index is 11.6. The largest absolute Gasteiger partial charge is 0.347 e. The number of nitrogens with two attached hydrogens (primary N) is 1. The van der Waals surface area contributed by atoms with Crippen LogP contribution in [0, 0.1) is 0 Å². The summed E-state index contributed by atoms with van der Waals surface area (Å²) in [6.07, 6.45) is 0.993. The highest BCUT2D eigenvalue weighted by Crippen LogP contribution is 2.08. The molecule has 0 aromatic rings. The van der Waals surface area contributed by atoms with Crippen LogP contribution >= 0.6 is 0 Å². The first kappa shape index (κ1) is 14.9. The number of hydrogen-bond acceptors (Lipinski definition) is 3. The smallest absolute Gasteiger partial charge is 0.241 e. The highest BCUT2D eigenvalue weighted by molar-refractivity contribution is 5.84. The summed E-state index contributed by atoms with van der Waals surface area (Å²) in [5.41, 5.74) is 5.44. The molecule has 0 unspecified atom stereocenters. The third kappa shape index (κ3) is 6.40. The van der Waals surface area contributed by atoms with Gasteiger partial charge < -0.3 is 15.5 Å². The van der Waals surface area contributed by atoms with Crippen molar-refractivity contribution in [3.05, 3.63) is 0 Å². The monoisotopic (exact) mass is 229 g/mol. The number of nitrogens with zero attached hydrogens (tertiary/aromatic N) is 2. The lowest BCUT2D eigenvalue weighted by Gasteiger charge is -2.22. The maximum absolute atomic E-state index is 11.6. The van der Waals surface area contributed by atoms with Crippen molar-refractivity contribution in [1.82, 2.24) is 9.80 Å². The van der Waals surface area contributed by atoms with E-state index in [0.717, 1.165) is 0 Å². The molecule has 0 aromatic heterocycles. The van der Waals surface area contributed by atoms with Gasteiger partial charge in [-0.25, -0.2) is 0 Å². The molecule has 0 fully saturated rings. The van der Waals surface area contributed by atoms with Gasteiger partial charge in [-0.1, -0.05) is 0 Å². The van der Waals surface area contributed by atoms with Gasteiger partial charge in [-0.2, -0.15) is 0 Å². The van der Waals surface area contributed by atoms with Gasteiger partial charge in [0, 0.05) is 33.1 Å². The molecule has 0 aliphatic carbocycles. The molecule has 0 bridgehead atoms. The molecule has 0 saturated heterocycles. The fourth-order valence-electron chi connectivity index (χ4n) is 1.05. The Morgan fingerprint density at radius 2 is 1.62 bits per heavy atom. The minimum atomic E-state index is -0.345. The van der Waals surface area contributed by atoms with Crippen LogP contribution in [0.5, 0.6) is 0 Å². The summed E-state index contributed by atoms with van der Waals surface area (Å²) in [6, 6.07) is 0. The van der Waals surface area contributed by atoms with Crippen LogP contribution in [0.15, 0.2) is 0 Å². The molecule has 0 saturated carbocycles. The van der Waals surface area contributed by atoms with Crippen LogP contribution in [0.4, 0.5) is 0 Å². The number of carbonyl (C=O) groups excluding carboxylic acids is 2. The van der Waals surface area contributed by atoms with Crippen molar-refractivity contribution in [2.24, 2.45) is 5.73 Å². The predicted molar refractivity (Wildman–Crippen MR) is 63.8 cm³/mol. The Morgan fingerprint density at radius 1 is 1.12 bits per heavy atom. The van der Waals surface area contributed by atoms with Gasteiger partial charge in [0.25, 0.3) is 0 Å². The molecule has 16 heavy (non-hydrogen) atoms. The van der Waals surface area contributed by atoms with Gasteiger partial charge in [0.2, 0.25) is 11.8 Å². The van der Waals surface area contributed by atoms with E-state index in [2.05, 4.69) is 0 Å². The lowest BCUT2D eigenvalue weighted by Crippen LogP contribution is -2.39. The molecule has 0 aliphatic rings. The molecule has 0 rings (SSSR count). The molecular weight excluding hydrogens is 206 g/mol. The average molecular weight is 229 g/mol. The number of carbonyl (C=O) groups is 2. The quantitative estimate of drug-likeness (QED) is 0.724. The lowest BCUT2D eigenvalue weighted by atomic mass is 10.00. The predicted octanol–water partition coefficient (Wildman–Crippen LogP) is 0.0505. The zero-order chi connectivity index (χ0) is 12.9. The van der Waals surface area contributed by atoms with E-state index in [1.54, 1.807) is 21.1 Å². The van der Waals surface area contributed by atoms with Crippen molar-refractivity contribution in [2.75, 3.05) is 27.7 Å². The van der Waals surface area contributed by atoms with Gasteiger partial charge in [0.1, 0.15) is 0 Å². The topological polar surface area (TPSA) is 66.6 Å². The Hall–Kier alpha value is -1.10. The van der Waals surface area contributed by atoms with E-state index in [1.165, 1.54) is 9.80 Å². The van der Waals surface area contributed by atoms with Crippen LogP contribution in [0.2, 0.25) is 0 Å². The summed E-state index contributed by atoms with van der Waals surface area (Å²) in [7, 11) is 4.97. The van der Waals surface area contributed by atoms with E-state index in [9.17, 15) is 9.59 Å². The lowest BCUT2D eigenvalue weighted by molar-refractivity contribution is -0.138. The number of likely N-dealkylation sites (N-methyl/N-ethyl adjacent to an activating group) is 2. The first-order valence-electron chi connectivity index (χ1n) is 5.36. The highest BCUT2D eigenvalue weighted by atomic mass is 16.2. The zero-order valence-electron chi connectivity index (χ0n) is 10.9. The zero-order valence-corrected chi connectivity index (χ0v) is 10.9. The molecule has 0 atom stereocenters. The van der Waals surface area contributed by atoms with Crippen molar-refractivity contribution in [1.29, 1.82) is 0 Å². The summed E-state index contributed by atoms with van der Waals surface area (Å²) >= 11 is 0. The number of amides is 2. The van der Waals surface area contributed by atoms with Gasteiger partial charge >= 0.3 is 0 Å². The van der Waals surface area contributed by atoms with Crippen molar-refractivity contribution < 1.29 is 9.59 Å². The minimum absolute atomic E-state index is 0.0475. The van der Waals surface area contributed by atoms with Crippen LogP contribution in [-0.2, 0) is 9.59 Å². The Balaban J connectivity index is 4.05.